The summed E-state index contributed by atoms with van der Waals surface area (Å²) in [6.07, 6.45) is 10.4. The second kappa shape index (κ2) is 7.99. The topological polar surface area (TPSA) is 64.9 Å². The van der Waals surface area contributed by atoms with Crippen molar-refractivity contribution in [3.05, 3.63) is 47.7 Å². The minimum atomic E-state index is -0.238. The van der Waals surface area contributed by atoms with Gasteiger partial charge in [-0.2, -0.15) is 5.26 Å². The van der Waals surface area contributed by atoms with Crippen LogP contribution in [0.3, 0.4) is 0 Å². The highest BCUT2D eigenvalue weighted by molar-refractivity contribution is 5.97. The molecule has 1 unspecified atom stereocenters. The molecule has 0 aliphatic heterocycles. The minimum Gasteiger partial charge on any atom is -0.389 e. The first-order valence-electron chi connectivity index (χ1n) is 10.8. The summed E-state index contributed by atoms with van der Waals surface area (Å²) in [6, 6.07) is 12.4. The Morgan fingerprint density at radius 1 is 1.18 bits per heavy atom. The summed E-state index contributed by atoms with van der Waals surface area (Å²) < 4.78 is 0. The van der Waals surface area contributed by atoms with Crippen molar-refractivity contribution in [3.63, 3.8) is 0 Å². The van der Waals surface area contributed by atoms with Crippen molar-refractivity contribution in [2.45, 2.75) is 57.9 Å². The minimum absolute atomic E-state index is 0.134. The summed E-state index contributed by atoms with van der Waals surface area (Å²) in [5.41, 5.74) is 1.66. The van der Waals surface area contributed by atoms with Crippen molar-refractivity contribution < 1.29 is 4.79 Å². The molecule has 0 spiro atoms. The molecule has 0 saturated heterocycles. The SMILES string of the molecule is CC(NC(=O)/C(C#N)=C\NCCc1ccccc1)C12CC3CC(CC(C3)C1)C2. The normalized spacial score (nSPS) is 31.9. The molecule has 0 heterocycles. The molecule has 28 heavy (non-hydrogen) atoms. The van der Waals surface area contributed by atoms with Crippen molar-refractivity contribution in [1.82, 2.24) is 10.6 Å². The quantitative estimate of drug-likeness (QED) is 0.430. The zero-order valence-electron chi connectivity index (χ0n) is 16.8. The molecule has 4 bridgehead atoms. The average Bonchev–Trinajstić information content (AvgIpc) is 2.67. The Morgan fingerprint density at radius 3 is 2.36 bits per heavy atom. The maximum atomic E-state index is 12.7. The highest BCUT2D eigenvalue weighted by atomic mass is 16.1. The van der Waals surface area contributed by atoms with Crippen LogP contribution in [0.1, 0.15) is 51.0 Å². The first-order valence-corrected chi connectivity index (χ1v) is 10.8. The first kappa shape index (κ1) is 19.1. The van der Waals surface area contributed by atoms with Gasteiger partial charge in [-0.3, -0.25) is 4.79 Å². The molecular formula is C24H31N3O. The zero-order valence-corrected chi connectivity index (χ0v) is 16.8. The molecule has 4 aliphatic carbocycles. The summed E-state index contributed by atoms with van der Waals surface area (Å²) >= 11 is 0. The molecule has 4 heteroatoms. The van der Waals surface area contributed by atoms with Gasteiger partial charge in [-0.05, 0) is 80.6 Å². The maximum absolute atomic E-state index is 12.7. The van der Waals surface area contributed by atoms with Crippen LogP contribution in [0.15, 0.2) is 42.1 Å². The monoisotopic (exact) mass is 377 g/mol. The smallest absolute Gasteiger partial charge is 0.263 e. The summed E-state index contributed by atoms with van der Waals surface area (Å²) in [5, 5.41) is 15.7. The molecule has 1 amide bonds. The van der Waals surface area contributed by atoms with E-state index in [4.69, 9.17) is 0 Å². The molecule has 5 rings (SSSR count). The van der Waals surface area contributed by atoms with Gasteiger partial charge in [0, 0.05) is 18.8 Å². The molecule has 4 fully saturated rings. The van der Waals surface area contributed by atoms with Crippen LogP contribution >= 0.6 is 0 Å². The number of carbonyl (C=O) groups excluding carboxylic acids is 1. The van der Waals surface area contributed by atoms with Crippen LogP contribution in [0.2, 0.25) is 0 Å². The van der Waals surface area contributed by atoms with E-state index in [9.17, 15) is 10.1 Å². The predicted molar refractivity (Wildman–Crippen MR) is 110 cm³/mol. The van der Waals surface area contributed by atoms with Gasteiger partial charge in [0.25, 0.3) is 5.91 Å². The van der Waals surface area contributed by atoms with E-state index in [1.165, 1.54) is 44.1 Å². The lowest BCUT2D eigenvalue weighted by molar-refractivity contribution is -0.122. The molecule has 4 nitrogen and oxygen atoms in total. The van der Waals surface area contributed by atoms with E-state index < -0.39 is 0 Å². The second-order valence-electron chi connectivity index (χ2n) is 9.33. The van der Waals surface area contributed by atoms with E-state index in [0.717, 1.165) is 24.2 Å². The van der Waals surface area contributed by atoms with E-state index in [1.807, 2.05) is 18.2 Å². The van der Waals surface area contributed by atoms with Crippen molar-refractivity contribution in [1.29, 1.82) is 5.26 Å². The highest BCUT2D eigenvalue weighted by Crippen LogP contribution is 2.61. The third-order valence-corrected chi connectivity index (χ3v) is 7.36. The molecular weight excluding hydrogens is 346 g/mol. The lowest BCUT2D eigenvalue weighted by Gasteiger charge is -2.59. The molecule has 1 aromatic rings. The van der Waals surface area contributed by atoms with Crippen LogP contribution in [0.5, 0.6) is 0 Å². The van der Waals surface area contributed by atoms with Gasteiger partial charge >= 0.3 is 0 Å². The lowest BCUT2D eigenvalue weighted by Crippen LogP contribution is -2.56. The van der Waals surface area contributed by atoms with E-state index >= 15 is 0 Å². The number of carbonyl (C=O) groups is 1. The van der Waals surface area contributed by atoms with Crippen LogP contribution in [-0.2, 0) is 11.2 Å². The van der Waals surface area contributed by atoms with Crippen LogP contribution in [0.4, 0.5) is 0 Å². The number of rotatable bonds is 7. The fourth-order valence-corrected chi connectivity index (χ4v) is 6.32. The van der Waals surface area contributed by atoms with Gasteiger partial charge in [-0.25, -0.2) is 0 Å². The Kier molecular flexibility index (Phi) is 5.44. The van der Waals surface area contributed by atoms with E-state index in [0.29, 0.717) is 6.54 Å². The highest BCUT2D eigenvalue weighted by Gasteiger charge is 2.53. The zero-order chi connectivity index (χ0) is 19.6. The van der Waals surface area contributed by atoms with Crippen molar-refractivity contribution in [2.75, 3.05) is 6.54 Å². The van der Waals surface area contributed by atoms with Crippen LogP contribution in [0, 0.1) is 34.5 Å². The number of nitriles is 1. The maximum Gasteiger partial charge on any atom is 0.263 e. The van der Waals surface area contributed by atoms with E-state index in [-0.39, 0.29) is 22.9 Å². The summed E-state index contributed by atoms with van der Waals surface area (Å²) in [7, 11) is 0. The van der Waals surface area contributed by atoms with E-state index in [2.05, 4.69) is 35.8 Å². The number of nitrogens with zero attached hydrogens (tertiary/aromatic N) is 1. The molecule has 4 saturated carbocycles. The Balaban J connectivity index is 1.32. The fourth-order valence-electron chi connectivity index (χ4n) is 6.32. The van der Waals surface area contributed by atoms with Gasteiger partial charge < -0.3 is 10.6 Å². The Bertz CT molecular complexity index is 742. The molecule has 1 atom stereocenters. The summed E-state index contributed by atoms with van der Waals surface area (Å²) in [5.74, 6) is 2.33. The molecule has 1 aromatic carbocycles. The van der Waals surface area contributed by atoms with Gasteiger partial charge in [0.15, 0.2) is 0 Å². The third-order valence-electron chi connectivity index (χ3n) is 7.36. The number of nitrogens with one attached hydrogen (secondary N) is 2. The molecule has 148 valence electrons. The van der Waals surface area contributed by atoms with Gasteiger partial charge in [0.2, 0.25) is 0 Å². The molecule has 4 aliphatic rings. The van der Waals surface area contributed by atoms with Gasteiger partial charge in [0.05, 0.1) is 0 Å². The molecule has 0 radical (unpaired) electrons. The standard InChI is InChI=1S/C24H31N3O/c1-17(24-12-19-9-20(13-24)11-21(10-19)14-24)27-23(28)22(15-25)16-26-8-7-18-5-3-2-4-6-18/h2-6,16-17,19-21,26H,7-14H2,1H3,(H,27,28)/b22-16-. The third kappa shape index (κ3) is 3.94. The Labute approximate surface area is 168 Å². The van der Waals surface area contributed by atoms with Crippen molar-refractivity contribution in [2.24, 2.45) is 23.2 Å². The van der Waals surface area contributed by atoms with Crippen LogP contribution in [0.25, 0.3) is 0 Å². The van der Waals surface area contributed by atoms with Gasteiger partial charge in [0.1, 0.15) is 11.6 Å². The fraction of sp³-hybridized carbons (Fsp3) is 0.583. The Hall–Kier alpha value is -2.28. The van der Waals surface area contributed by atoms with E-state index in [1.54, 1.807) is 6.20 Å². The van der Waals surface area contributed by atoms with Gasteiger partial charge in [-0.1, -0.05) is 30.3 Å². The largest absolute Gasteiger partial charge is 0.389 e. The Morgan fingerprint density at radius 2 is 1.79 bits per heavy atom. The van der Waals surface area contributed by atoms with Crippen molar-refractivity contribution >= 4 is 5.91 Å². The number of benzene rings is 1. The molecule has 2 N–H and O–H groups in total. The average molecular weight is 378 g/mol. The second-order valence-corrected chi connectivity index (χ2v) is 9.33. The number of hydrogen-bond donors (Lipinski definition) is 2. The van der Waals surface area contributed by atoms with Gasteiger partial charge in [-0.15, -0.1) is 0 Å². The van der Waals surface area contributed by atoms with Crippen LogP contribution < -0.4 is 10.6 Å². The van der Waals surface area contributed by atoms with Crippen molar-refractivity contribution in [3.8, 4) is 6.07 Å². The summed E-state index contributed by atoms with van der Waals surface area (Å²) in [6.45, 7) is 2.86. The summed E-state index contributed by atoms with van der Waals surface area (Å²) in [4.78, 5) is 12.7. The van der Waals surface area contributed by atoms with Crippen LogP contribution in [-0.4, -0.2) is 18.5 Å². The molecule has 0 aromatic heterocycles. The lowest BCUT2D eigenvalue weighted by atomic mass is 9.48. The predicted octanol–water partition coefficient (Wildman–Crippen LogP) is 3.95. The number of amides is 1. The first-order chi connectivity index (χ1) is 13.6. The number of hydrogen-bond acceptors (Lipinski definition) is 3.